The third kappa shape index (κ3) is 4.51. The number of hydrogen-bond donors (Lipinski definition) is 0. The van der Waals surface area contributed by atoms with E-state index in [1.54, 1.807) is 6.20 Å². The number of hydrogen-bond acceptors (Lipinski definition) is 5. The van der Waals surface area contributed by atoms with Crippen molar-refractivity contribution in [3.8, 4) is 0 Å². The van der Waals surface area contributed by atoms with E-state index >= 15 is 0 Å². The minimum atomic E-state index is -2.97. The van der Waals surface area contributed by atoms with Gasteiger partial charge in [-0.1, -0.05) is 6.07 Å². The average molecular weight is 535 g/mol. The van der Waals surface area contributed by atoms with Gasteiger partial charge in [0, 0.05) is 35.8 Å². The number of rotatable bonds is 6. The molecule has 5 rings (SSSR count). The number of nitrogens with zero attached hydrogens (tertiary/aromatic N) is 4. The Bertz CT molecular complexity index is 1150. The van der Waals surface area contributed by atoms with E-state index in [9.17, 15) is 8.78 Å². The maximum absolute atomic E-state index is 14.8. The lowest BCUT2D eigenvalue weighted by molar-refractivity contribution is -0.0963. The van der Waals surface area contributed by atoms with Gasteiger partial charge in [-0.3, -0.25) is 9.88 Å². The Morgan fingerprint density at radius 3 is 2.76 bits per heavy atom. The molecule has 0 radical (unpaired) electrons. The lowest BCUT2D eigenvalue weighted by Crippen LogP contribution is -2.49. The van der Waals surface area contributed by atoms with Crippen molar-refractivity contribution in [2.75, 3.05) is 26.9 Å². The van der Waals surface area contributed by atoms with Crippen LogP contribution in [0.5, 0.6) is 0 Å². The van der Waals surface area contributed by atoms with Gasteiger partial charge in [-0.15, -0.1) is 0 Å². The van der Waals surface area contributed by atoms with Crippen LogP contribution in [0, 0.1) is 0 Å². The van der Waals surface area contributed by atoms with Crippen LogP contribution in [-0.4, -0.2) is 58.5 Å². The van der Waals surface area contributed by atoms with E-state index < -0.39 is 25.1 Å². The zero-order chi connectivity index (χ0) is 23.9. The summed E-state index contributed by atoms with van der Waals surface area (Å²) in [5, 5.41) is 5.74. The molecule has 34 heavy (non-hydrogen) atoms. The molecule has 1 fully saturated rings. The highest BCUT2D eigenvalue weighted by atomic mass is 79.9. The van der Waals surface area contributed by atoms with Gasteiger partial charge in [0.25, 0.3) is 5.92 Å². The summed E-state index contributed by atoms with van der Waals surface area (Å²) in [5.41, 5.74) is 3.91. The van der Waals surface area contributed by atoms with Crippen LogP contribution in [-0.2, 0) is 15.9 Å². The molecule has 6 nitrogen and oxygen atoms in total. The first-order valence-corrected chi connectivity index (χ1v) is 12.5. The monoisotopic (exact) mass is 534 g/mol. The molecule has 2 aromatic heterocycles. The van der Waals surface area contributed by atoms with Crippen molar-refractivity contribution in [1.29, 1.82) is 0 Å². The smallest absolute Gasteiger partial charge is 0.283 e. The SMILES string of the molecule is COCC(F)(F)CN1C(c2ccc(Br)cn2)c2ccc3c(cnn3C3CCCCO3)c2C[C@H]1C. The second-order valence-corrected chi connectivity index (χ2v) is 10.2. The van der Waals surface area contributed by atoms with E-state index in [0.29, 0.717) is 6.42 Å². The predicted octanol–water partition coefficient (Wildman–Crippen LogP) is 5.51. The largest absolute Gasteiger partial charge is 0.378 e. The van der Waals surface area contributed by atoms with Crippen molar-refractivity contribution >= 4 is 26.8 Å². The van der Waals surface area contributed by atoms with Crippen molar-refractivity contribution in [2.24, 2.45) is 0 Å². The quantitative estimate of drug-likeness (QED) is 0.417. The van der Waals surface area contributed by atoms with Crippen LogP contribution in [0.25, 0.3) is 10.9 Å². The van der Waals surface area contributed by atoms with E-state index in [0.717, 1.165) is 58.1 Å². The van der Waals surface area contributed by atoms with E-state index in [2.05, 4.69) is 32.1 Å². The molecule has 0 spiro atoms. The van der Waals surface area contributed by atoms with E-state index in [4.69, 9.17) is 9.47 Å². The molecule has 1 saturated heterocycles. The topological polar surface area (TPSA) is 52.4 Å². The molecule has 182 valence electrons. The lowest BCUT2D eigenvalue weighted by atomic mass is 9.84. The first-order chi connectivity index (χ1) is 16.4. The first-order valence-electron chi connectivity index (χ1n) is 11.7. The van der Waals surface area contributed by atoms with Crippen LogP contribution >= 0.6 is 15.9 Å². The molecule has 2 aliphatic rings. The van der Waals surface area contributed by atoms with Crippen LogP contribution in [0.2, 0.25) is 0 Å². The standard InChI is InChI=1S/C25H29BrF2N4O2/c1-16-11-19-18(7-9-22-20(19)13-30-32(22)23-5-3-4-10-34-23)24(21-8-6-17(26)12-29-21)31(16)14-25(27,28)15-33-2/h6-9,12-13,16,23-24H,3-5,10-11,14-15H2,1-2H3/t16-,23?,24?/m1/s1. The molecule has 0 N–H and O–H groups in total. The normalized spacial score (nSPS) is 23.9. The number of ether oxygens (including phenoxy) is 2. The van der Waals surface area contributed by atoms with E-state index in [1.807, 2.05) is 40.9 Å². The highest BCUT2D eigenvalue weighted by Crippen LogP contribution is 2.42. The molecule has 0 bridgehead atoms. The number of benzene rings is 1. The lowest BCUT2D eigenvalue weighted by Gasteiger charge is -2.43. The maximum Gasteiger partial charge on any atom is 0.283 e. The van der Waals surface area contributed by atoms with Gasteiger partial charge in [-0.05, 0) is 77.9 Å². The van der Waals surface area contributed by atoms with Crippen LogP contribution in [0.15, 0.2) is 41.1 Å². The van der Waals surface area contributed by atoms with Crippen molar-refractivity contribution in [3.63, 3.8) is 0 Å². The first kappa shape index (κ1) is 23.8. The van der Waals surface area contributed by atoms with Gasteiger partial charge in [0.2, 0.25) is 0 Å². The molecule has 2 unspecified atom stereocenters. The van der Waals surface area contributed by atoms with Crippen LogP contribution in [0.1, 0.15) is 55.3 Å². The summed E-state index contributed by atoms with van der Waals surface area (Å²) in [5.74, 6) is -2.97. The van der Waals surface area contributed by atoms with Gasteiger partial charge in [0.05, 0.1) is 30.0 Å². The number of alkyl halides is 2. The van der Waals surface area contributed by atoms with Crippen molar-refractivity contribution in [2.45, 2.75) is 56.8 Å². The summed E-state index contributed by atoms with van der Waals surface area (Å²) < 4.78 is 43.1. The minimum Gasteiger partial charge on any atom is -0.378 e. The number of pyridine rings is 1. The Morgan fingerprint density at radius 2 is 2.06 bits per heavy atom. The van der Waals surface area contributed by atoms with Crippen LogP contribution in [0.3, 0.4) is 0 Å². The number of halogens is 3. The third-order valence-electron chi connectivity index (χ3n) is 6.85. The predicted molar refractivity (Wildman–Crippen MR) is 129 cm³/mol. The van der Waals surface area contributed by atoms with Crippen molar-refractivity contribution in [1.82, 2.24) is 19.7 Å². The molecule has 2 aliphatic heterocycles. The van der Waals surface area contributed by atoms with Gasteiger partial charge in [0.15, 0.2) is 6.23 Å². The summed E-state index contributed by atoms with van der Waals surface area (Å²) in [6.07, 6.45) is 7.36. The number of fused-ring (bicyclic) bond motifs is 3. The minimum absolute atomic E-state index is 0.0570. The van der Waals surface area contributed by atoms with Crippen LogP contribution < -0.4 is 0 Å². The van der Waals surface area contributed by atoms with Crippen molar-refractivity contribution < 1.29 is 18.3 Å². The van der Waals surface area contributed by atoms with Gasteiger partial charge in [-0.2, -0.15) is 5.10 Å². The Balaban J connectivity index is 1.60. The highest BCUT2D eigenvalue weighted by molar-refractivity contribution is 9.10. The summed E-state index contributed by atoms with van der Waals surface area (Å²) >= 11 is 3.44. The van der Waals surface area contributed by atoms with E-state index in [-0.39, 0.29) is 12.3 Å². The molecular weight excluding hydrogens is 506 g/mol. The average Bonchev–Trinajstić information content (AvgIpc) is 3.25. The molecule has 3 aromatic rings. The summed E-state index contributed by atoms with van der Waals surface area (Å²) in [6.45, 7) is 1.73. The van der Waals surface area contributed by atoms with Crippen molar-refractivity contribution in [3.05, 3.63) is 58.0 Å². The molecule has 1 aromatic carbocycles. The fraction of sp³-hybridized carbons (Fsp3) is 0.520. The van der Waals surface area contributed by atoms with Gasteiger partial charge in [0.1, 0.15) is 6.61 Å². The number of methoxy groups -OCH3 is 1. The summed E-state index contributed by atoms with van der Waals surface area (Å²) in [4.78, 5) is 6.47. The van der Waals surface area contributed by atoms with Gasteiger partial charge in [-0.25, -0.2) is 13.5 Å². The summed E-state index contributed by atoms with van der Waals surface area (Å²) in [6, 6.07) is 7.40. The zero-order valence-electron chi connectivity index (χ0n) is 19.4. The molecular formula is C25H29BrF2N4O2. The van der Waals surface area contributed by atoms with Gasteiger partial charge < -0.3 is 9.47 Å². The zero-order valence-corrected chi connectivity index (χ0v) is 21.0. The maximum atomic E-state index is 14.8. The Morgan fingerprint density at radius 1 is 1.21 bits per heavy atom. The second-order valence-electron chi connectivity index (χ2n) is 9.29. The Labute approximate surface area is 206 Å². The Kier molecular flexibility index (Phi) is 6.72. The molecule has 0 aliphatic carbocycles. The molecule has 0 amide bonds. The highest BCUT2D eigenvalue weighted by Gasteiger charge is 2.41. The van der Waals surface area contributed by atoms with Crippen LogP contribution in [0.4, 0.5) is 8.78 Å². The van der Waals surface area contributed by atoms with E-state index in [1.165, 1.54) is 7.11 Å². The third-order valence-corrected chi connectivity index (χ3v) is 7.32. The Hall–Kier alpha value is -1.94. The molecule has 4 heterocycles. The summed E-state index contributed by atoms with van der Waals surface area (Å²) in [7, 11) is 1.31. The fourth-order valence-electron chi connectivity index (χ4n) is 5.32. The molecule has 0 saturated carbocycles. The molecule has 3 atom stereocenters. The van der Waals surface area contributed by atoms with Gasteiger partial charge >= 0.3 is 0 Å². The number of aromatic nitrogens is 3. The second kappa shape index (κ2) is 9.60. The molecule has 9 heteroatoms. The fourth-order valence-corrected chi connectivity index (χ4v) is 5.55.